The molecule has 4 aromatic rings. The monoisotopic (exact) mass is 336 g/mol. The van der Waals surface area contributed by atoms with Crippen LogP contribution in [0.25, 0.3) is 22.5 Å². The minimum Gasteiger partial charge on any atom is -0.481 e. The second-order valence-corrected chi connectivity index (χ2v) is 5.48. The van der Waals surface area contributed by atoms with Crippen molar-refractivity contribution >= 4 is 11.0 Å². The van der Waals surface area contributed by atoms with Gasteiger partial charge in [-0.05, 0) is 42.0 Å². The van der Waals surface area contributed by atoms with Crippen molar-refractivity contribution in [2.45, 2.75) is 6.61 Å². The fraction of sp³-hybridized carbons (Fsp3) is 0.0500. The Hall–Kier alpha value is -3.34. The van der Waals surface area contributed by atoms with E-state index in [9.17, 15) is 9.18 Å². The summed E-state index contributed by atoms with van der Waals surface area (Å²) in [7, 11) is 0. The maximum atomic E-state index is 13.0. The van der Waals surface area contributed by atoms with Crippen LogP contribution in [0.2, 0.25) is 0 Å². The van der Waals surface area contributed by atoms with Gasteiger partial charge in [-0.3, -0.25) is 4.79 Å². The SMILES string of the molecule is O=c1c(OCc2ccc(F)cc2)c(-c2ccco2)oc2ccccc12. The predicted molar refractivity (Wildman–Crippen MR) is 90.9 cm³/mol. The van der Waals surface area contributed by atoms with Crippen molar-refractivity contribution in [2.24, 2.45) is 0 Å². The van der Waals surface area contributed by atoms with Crippen molar-refractivity contribution in [2.75, 3.05) is 0 Å². The number of halogens is 1. The minimum atomic E-state index is -0.328. The van der Waals surface area contributed by atoms with Crippen LogP contribution in [0.3, 0.4) is 0 Å². The molecule has 2 aromatic carbocycles. The van der Waals surface area contributed by atoms with Crippen LogP contribution in [0.5, 0.6) is 5.75 Å². The highest BCUT2D eigenvalue weighted by atomic mass is 19.1. The lowest BCUT2D eigenvalue weighted by molar-refractivity contribution is 0.296. The Labute approximate surface area is 142 Å². The summed E-state index contributed by atoms with van der Waals surface area (Å²) in [5.41, 5.74) is 0.905. The second-order valence-electron chi connectivity index (χ2n) is 5.48. The molecule has 4 nitrogen and oxygen atoms in total. The van der Waals surface area contributed by atoms with E-state index in [0.717, 1.165) is 5.56 Å². The van der Waals surface area contributed by atoms with Gasteiger partial charge in [0.1, 0.15) is 18.0 Å². The standard InChI is InChI=1S/C20H13FO4/c21-14-9-7-13(8-10-14)12-24-20-18(22)15-4-1-2-5-16(15)25-19(20)17-6-3-11-23-17/h1-11H,12H2. The molecule has 0 saturated heterocycles. The second kappa shape index (κ2) is 6.28. The molecule has 0 spiro atoms. The molecule has 124 valence electrons. The van der Waals surface area contributed by atoms with Gasteiger partial charge in [0.15, 0.2) is 5.76 Å². The molecule has 0 atom stereocenters. The molecule has 25 heavy (non-hydrogen) atoms. The number of hydrogen-bond acceptors (Lipinski definition) is 4. The normalized spacial score (nSPS) is 10.9. The van der Waals surface area contributed by atoms with Crippen LogP contribution in [0.4, 0.5) is 4.39 Å². The molecule has 0 aliphatic carbocycles. The summed E-state index contributed by atoms with van der Waals surface area (Å²) in [5.74, 6) is 0.371. The van der Waals surface area contributed by atoms with Gasteiger partial charge in [-0.15, -0.1) is 0 Å². The number of fused-ring (bicyclic) bond motifs is 1. The molecule has 0 saturated carbocycles. The third-order valence-corrected chi connectivity index (χ3v) is 3.80. The van der Waals surface area contributed by atoms with E-state index in [1.54, 1.807) is 48.5 Å². The van der Waals surface area contributed by atoms with Gasteiger partial charge in [0, 0.05) is 0 Å². The molecule has 5 heteroatoms. The fourth-order valence-electron chi connectivity index (χ4n) is 2.56. The van der Waals surface area contributed by atoms with Crippen molar-refractivity contribution in [3.8, 4) is 17.3 Å². The third kappa shape index (κ3) is 2.92. The zero-order chi connectivity index (χ0) is 17.2. The maximum Gasteiger partial charge on any atom is 0.235 e. The van der Waals surface area contributed by atoms with Crippen LogP contribution in [0.1, 0.15) is 5.56 Å². The quantitative estimate of drug-likeness (QED) is 0.538. The number of rotatable bonds is 4. The number of hydrogen-bond donors (Lipinski definition) is 0. The highest BCUT2D eigenvalue weighted by molar-refractivity contribution is 5.81. The van der Waals surface area contributed by atoms with Crippen LogP contribution in [0.15, 0.2) is 80.6 Å². The van der Waals surface area contributed by atoms with Gasteiger partial charge in [0.25, 0.3) is 0 Å². The van der Waals surface area contributed by atoms with Crippen LogP contribution in [-0.4, -0.2) is 0 Å². The number of ether oxygens (including phenoxy) is 1. The summed E-state index contributed by atoms with van der Waals surface area (Å²) in [5, 5.41) is 0.423. The Kier molecular flexibility index (Phi) is 3.82. The van der Waals surface area contributed by atoms with Crippen LogP contribution in [-0.2, 0) is 6.61 Å². The third-order valence-electron chi connectivity index (χ3n) is 3.80. The first-order chi connectivity index (χ1) is 12.2. The predicted octanol–water partition coefficient (Wildman–Crippen LogP) is 4.77. The first kappa shape index (κ1) is 15.2. The summed E-state index contributed by atoms with van der Waals surface area (Å²) in [6.45, 7) is 0.108. The molecule has 2 aromatic heterocycles. The van der Waals surface area contributed by atoms with Crippen molar-refractivity contribution in [1.29, 1.82) is 0 Å². The Morgan fingerprint density at radius 3 is 2.52 bits per heavy atom. The lowest BCUT2D eigenvalue weighted by atomic mass is 10.2. The Morgan fingerprint density at radius 2 is 1.76 bits per heavy atom. The molecule has 0 unspecified atom stereocenters. The van der Waals surface area contributed by atoms with Crippen LogP contribution in [0, 0.1) is 5.82 Å². The molecule has 0 aliphatic heterocycles. The Morgan fingerprint density at radius 1 is 0.960 bits per heavy atom. The van der Waals surface area contributed by atoms with E-state index in [4.69, 9.17) is 13.6 Å². The molecule has 0 aliphatic rings. The lowest BCUT2D eigenvalue weighted by Gasteiger charge is -2.10. The molecular weight excluding hydrogens is 323 g/mol. The first-order valence-electron chi connectivity index (χ1n) is 7.69. The van der Waals surface area contributed by atoms with Gasteiger partial charge in [-0.25, -0.2) is 4.39 Å². The molecule has 4 rings (SSSR count). The highest BCUT2D eigenvalue weighted by Crippen LogP contribution is 2.31. The minimum absolute atomic E-state index is 0.0676. The van der Waals surface area contributed by atoms with Gasteiger partial charge in [-0.1, -0.05) is 24.3 Å². The zero-order valence-electron chi connectivity index (χ0n) is 13.1. The van der Waals surface area contributed by atoms with Crippen LogP contribution >= 0.6 is 0 Å². The molecule has 0 N–H and O–H groups in total. The molecule has 0 bridgehead atoms. The van der Waals surface area contributed by atoms with Crippen LogP contribution < -0.4 is 10.2 Å². The largest absolute Gasteiger partial charge is 0.481 e. The smallest absolute Gasteiger partial charge is 0.235 e. The summed E-state index contributed by atoms with van der Waals surface area (Å²) >= 11 is 0. The lowest BCUT2D eigenvalue weighted by Crippen LogP contribution is -2.10. The van der Waals surface area contributed by atoms with Crippen molar-refractivity contribution < 1.29 is 18.0 Å². The summed E-state index contributed by atoms with van der Waals surface area (Å²) in [6.07, 6.45) is 1.49. The summed E-state index contributed by atoms with van der Waals surface area (Å²) < 4.78 is 30.0. The molecule has 0 fully saturated rings. The highest BCUT2D eigenvalue weighted by Gasteiger charge is 2.19. The van der Waals surface area contributed by atoms with E-state index in [1.807, 2.05) is 0 Å². The van der Waals surface area contributed by atoms with Crippen molar-refractivity contribution in [3.05, 3.63) is 88.5 Å². The van der Waals surface area contributed by atoms with Gasteiger partial charge in [0.2, 0.25) is 16.9 Å². The van der Waals surface area contributed by atoms with E-state index >= 15 is 0 Å². The molecule has 2 heterocycles. The zero-order valence-corrected chi connectivity index (χ0v) is 13.1. The van der Waals surface area contributed by atoms with E-state index in [-0.39, 0.29) is 29.4 Å². The summed E-state index contributed by atoms with van der Waals surface area (Å²) in [4.78, 5) is 12.8. The average molecular weight is 336 g/mol. The molecule has 0 radical (unpaired) electrons. The van der Waals surface area contributed by atoms with E-state index in [0.29, 0.717) is 16.7 Å². The number of furan rings is 1. The van der Waals surface area contributed by atoms with Gasteiger partial charge < -0.3 is 13.6 Å². The van der Waals surface area contributed by atoms with Gasteiger partial charge in [0.05, 0.1) is 11.6 Å². The fourth-order valence-corrected chi connectivity index (χ4v) is 2.56. The van der Waals surface area contributed by atoms with E-state index in [1.165, 1.54) is 18.4 Å². The summed E-state index contributed by atoms with van der Waals surface area (Å²) in [6, 6.07) is 16.2. The maximum absolute atomic E-state index is 13.0. The first-order valence-corrected chi connectivity index (χ1v) is 7.69. The number of para-hydroxylation sites is 1. The molecular formula is C20H13FO4. The Balaban J connectivity index is 1.80. The van der Waals surface area contributed by atoms with Crippen molar-refractivity contribution in [1.82, 2.24) is 0 Å². The topological polar surface area (TPSA) is 52.6 Å². The van der Waals surface area contributed by atoms with Crippen molar-refractivity contribution in [3.63, 3.8) is 0 Å². The van der Waals surface area contributed by atoms with Gasteiger partial charge in [-0.2, -0.15) is 0 Å². The van der Waals surface area contributed by atoms with Gasteiger partial charge >= 0.3 is 0 Å². The molecule has 0 amide bonds. The average Bonchev–Trinajstić information content (AvgIpc) is 3.17. The van der Waals surface area contributed by atoms with E-state index in [2.05, 4.69) is 0 Å². The van der Waals surface area contributed by atoms with E-state index < -0.39 is 0 Å². The number of benzene rings is 2. The Bertz CT molecular complexity index is 1060.